The van der Waals surface area contributed by atoms with Crippen LogP contribution in [-0.4, -0.2) is 66.2 Å². The van der Waals surface area contributed by atoms with Gasteiger partial charge in [0.05, 0.1) is 6.61 Å². The number of hydrogen-bond acceptors (Lipinski definition) is 9. The molecular formula is C14H21N4O9P. The van der Waals surface area contributed by atoms with E-state index in [1.165, 1.54) is 12.3 Å². The molecule has 0 bridgehead atoms. The molecule has 0 amide bonds. The van der Waals surface area contributed by atoms with Gasteiger partial charge in [-0.2, -0.15) is 4.98 Å². The van der Waals surface area contributed by atoms with Gasteiger partial charge in [0.1, 0.15) is 29.7 Å². The van der Waals surface area contributed by atoms with Gasteiger partial charge in [-0.05, 0) is 13.0 Å². The summed E-state index contributed by atoms with van der Waals surface area (Å²) < 4.78 is 23.3. The second-order valence-electron chi connectivity index (χ2n) is 6.13. The van der Waals surface area contributed by atoms with E-state index in [1.54, 1.807) is 0 Å². The third-order valence-electron chi connectivity index (χ3n) is 4.12. The predicted molar refractivity (Wildman–Crippen MR) is 94.0 cm³/mol. The van der Waals surface area contributed by atoms with E-state index in [0.717, 1.165) is 17.6 Å². The lowest BCUT2D eigenvalue weighted by molar-refractivity contribution is -0.138. The molecular weight excluding hydrogens is 399 g/mol. The Morgan fingerprint density at radius 3 is 2.82 bits per heavy atom. The average Bonchev–Trinajstić information content (AvgIpc) is 2.85. The highest BCUT2D eigenvalue weighted by atomic mass is 31.2. The van der Waals surface area contributed by atoms with Crippen LogP contribution in [0.5, 0.6) is 0 Å². The van der Waals surface area contributed by atoms with E-state index in [2.05, 4.69) is 11.6 Å². The minimum absolute atomic E-state index is 0.0625. The number of aromatic nitrogens is 2. The summed E-state index contributed by atoms with van der Waals surface area (Å²) >= 11 is 0. The molecule has 1 unspecified atom stereocenters. The number of hydrogen-bond donors (Lipinski definition) is 6. The van der Waals surface area contributed by atoms with Crippen molar-refractivity contribution in [2.24, 2.45) is 0 Å². The lowest BCUT2D eigenvalue weighted by atomic mass is 9.96. The molecule has 28 heavy (non-hydrogen) atoms. The summed E-state index contributed by atoms with van der Waals surface area (Å²) in [5.41, 5.74) is 2.67. The number of rotatable bonds is 8. The minimum Gasteiger partial charge on any atom is -0.480 e. The predicted octanol–water partition coefficient (Wildman–Crippen LogP) is -1.82. The van der Waals surface area contributed by atoms with E-state index in [9.17, 15) is 29.3 Å². The number of aliphatic hydroxyl groups is 2. The van der Waals surface area contributed by atoms with Crippen molar-refractivity contribution < 1.29 is 38.8 Å². The van der Waals surface area contributed by atoms with E-state index < -0.39 is 56.1 Å². The number of carboxylic acids is 1. The van der Waals surface area contributed by atoms with Crippen molar-refractivity contribution in [2.45, 2.75) is 37.0 Å². The van der Waals surface area contributed by atoms with Gasteiger partial charge in [0.2, 0.25) is 0 Å². The van der Waals surface area contributed by atoms with Crippen molar-refractivity contribution in [3.05, 3.63) is 35.4 Å². The van der Waals surface area contributed by atoms with Crippen LogP contribution in [0.2, 0.25) is 0 Å². The number of nitrogen functional groups attached to an aromatic ring is 1. The maximum Gasteiger partial charge on any atom is 0.403 e. The SMILES string of the molecule is C=C[C@]1(COP(=O)(O)N[C@@H](C)C(=O)O)O[C@@H](n2ccc(N)nc2=O)[C@H](O)[C@@H]1O. The second-order valence-corrected chi connectivity index (χ2v) is 7.69. The van der Waals surface area contributed by atoms with Crippen molar-refractivity contribution in [1.82, 2.24) is 14.6 Å². The molecule has 0 aromatic carbocycles. The van der Waals surface area contributed by atoms with E-state index in [0.29, 0.717) is 0 Å². The average molecular weight is 420 g/mol. The molecule has 1 fully saturated rings. The summed E-state index contributed by atoms with van der Waals surface area (Å²) in [5, 5.41) is 31.4. The number of nitrogens with one attached hydrogen (secondary N) is 1. The Labute approximate surface area is 158 Å². The zero-order valence-electron chi connectivity index (χ0n) is 14.7. The number of carboxylic acid groups (broad SMARTS) is 1. The van der Waals surface area contributed by atoms with Crippen molar-refractivity contribution in [1.29, 1.82) is 0 Å². The van der Waals surface area contributed by atoms with Crippen LogP contribution in [0.4, 0.5) is 5.82 Å². The van der Waals surface area contributed by atoms with Crippen LogP contribution in [0.15, 0.2) is 29.7 Å². The monoisotopic (exact) mass is 420 g/mol. The zero-order valence-corrected chi connectivity index (χ0v) is 15.6. The Balaban J connectivity index is 2.22. The van der Waals surface area contributed by atoms with Crippen molar-refractivity contribution in [2.75, 3.05) is 12.3 Å². The first-order valence-electron chi connectivity index (χ1n) is 7.92. The number of ether oxygens (including phenoxy) is 1. The van der Waals surface area contributed by atoms with Crippen LogP contribution < -0.4 is 16.5 Å². The highest BCUT2D eigenvalue weighted by Crippen LogP contribution is 2.43. The maximum absolute atomic E-state index is 12.0. The molecule has 1 aromatic heterocycles. The maximum atomic E-state index is 12.0. The molecule has 2 rings (SSSR count). The molecule has 1 aliphatic rings. The fourth-order valence-corrected chi connectivity index (χ4v) is 3.57. The Kier molecular flexibility index (Phi) is 6.41. The van der Waals surface area contributed by atoms with Gasteiger partial charge in [0, 0.05) is 6.20 Å². The standard InChI is InChI=1S/C14H21N4O9P/c1-3-14(6-26-28(24,25)17-7(2)12(21)22)10(20)9(19)11(27-14)18-5-4-8(15)16-13(18)23/h3-5,7,9-11,19-20H,1,6H2,2H3,(H,21,22)(H2,15,16,23)(H2,17,24,25)/t7-,9+,10-,11+,14+/m0/s1. The Bertz CT molecular complexity index is 861. The van der Waals surface area contributed by atoms with E-state index in [-0.39, 0.29) is 5.82 Å². The lowest BCUT2D eigenvalue weighted by Gasteiger charge is -2.29. The highest BCUT2D eigenvalue weighted by Gasteiger charge is 2.54. The topological polar surface area (TPSA) is 206 Å². The molecule has 7 N–H and O–H groups in total. The molecule has 0 radical (unpaired) electrons. The quantitative estimate of drug-likeness (QED) is 0.203. The first-order valence-corrected chi connectivity index (χ1v) is 9.50. The largest absolute Gasteiger partial charge is 0.480 e. The number of aliphatic hydroxyl groups excluding tert-OH is 2. The van der Waals surface area contributed by atoms with Crippen molar-refractivity contribution >= 4 is 19.5 Å². The molecule has 1 aliphatic heterocycles. The van der Waals surface area contributed by atoms with E-state index in [1.807, 2.05) is 5.09 Å². The van der Waals surface area contributed by atoms with Crippen LogP contribution in [-0.2, 0) is 18.6 Å². The van der Waals surface area contributed by atoms with Crippen LogP contribution >= 0.6 is 7.75 Å². The van der Waals surface area contributed by atoms with Crippen LogP contribution in [0, 0.1) is 0 Å². The molecule has 1 saturated heterocycles. The van der Waals surface area contributed by atoms with Crippen LogP contribution in [0.25, 0.3) is 0 Å². The van der Waals surface area contributed by atoms with Crippen molar-refractivity contribution in [3.63, 3.8) is 0 Å². The van der Waals surface area contributed by atoms with Gasteiger partial charge in [0.15, 0.2) is 6.23 Å². The Morgan fingerprint density at radius 1 is 1.64 bits per heavy atom. The van der Waals surface area contributed by atoms with E-state index >= 15 is 0 Å². The van der Waals surface area contributed by atoms with Gasteiger partial charge in [-0.1, -0.05) is 6.08 Å². The molecule has 1 aromatic rings. The lowest BCUT2D eigenvalue weighted by Crippen LogP contribution is -2.45. The van der Waals surface area contributed by atoms with Gasteiger partial charge in [-0.25, -0.2) is 14.4 Å². The first-order chi connectivity index (χ1) is 12.9. The molecule has 14 heteroatoms. The number of nitrogens with zero attached hydrogens (tertiary/aromatic N) is 2. The van der Waals surface area contributed by atoms with Gasteiger partial charge >= 0.3 is 19.4 Å². The molecule has 0 saturated carbocycles. The van der Waals surface area contributed by atoms with E-state index in [4.69, 9.17) is 20.1 Å². The van der Waals surface area contributed by atoms with Crippen LogP contribution in [0.3, 0.4) is 0 Å². The normalized spacial score (nSPS) is 30.5. The number of nitrogens with two attached hydrogens (primary N) is 1. The molecule has 13 nitrogen and oxygen atoms in total. The highest BCUT2D eigenvalue weighted by molar-refractivity contribution is 7.50. The molecule has 156 valence electrons. The summed E-state index contributed by atoms with van der Waals surface area (Å²) in [6.07, 6.45) is -2.53. The van der Waals surface area contributed by atoms with Gasteiger partial charge in [-0.3, -0.25) is 13.9 Å². The third kappa shape index (κ3) is 4.47. The number of carbonyl (C=O) groups is 1. The number of aliphatic carboxylic acids is 1. The second kappa shape index (κ2) is 8.09. The Hall–Kier alpha value is -2.12. The summed E-state index contributed by atoms with van der Waals surface area (Å²) in [4.78, 5) is 36.0. The summed E-state index contributed by atoms with van der Waals surface area (Å²) in [5.74, 6) is -1.45. The molecule has 0 aliphatic carbocycles. The van der Waals surface area contributed by atoms with Crippen molar-refractivity contribution in [3.8, 4) is 0 Å². The summed E-state index contributed by atoms with van der Waals surface area (Å²) in [6.45, 7) is 3.81. The van der Waals surface area contributed by atoms with Gasteiger partial charge in [-0.15, -0.1) is 6.58 Å². The smallest absolute Gasteiger partial charge is 0.403 e. The third-order valence-corrected chi connectivity index (χ3v) is 5.31. The van der Waals surface area contributed by atoms with Gasteiger partial charge < -0.3 is 30.7 Å². The fourth-order valence-electron chi connectivity index (χ4n) is 2.52. The molecule has 2 heterocycles. The fraction of sp³-hybridized carbons (Fsp3) is 0.500. The minimum atomic E-state index is -4.61. The first kappa shape index (κ1) is 22.2. The molecule has 6 atom stereocenters. The summed E-state index contributed by atoms with van der Waals surface area (Å²) in [6, 6.07) is -0.129. The zero-order chi connectivity index (χ0) is 21.3. The van der Waals surface area contributed by atoms with Gasteiger partial charge in [0.25, 0.3) is 0 Å². The summed E-state index contributed by atoms with van der Waals surface area (Å²) in [7, 11) is -4.61. The Morgan fingerprint density at radius 2 is 2.29 bits per heavy atom. The van der Waals surface area contributed by atoms with Crippen LogP contribution in [0.1, 0.15) is 13.2 Å². The molecule has 0 spiro atoms. The number of anilines is 1.